The van der Waals surface area contributed by atoms with Crippen molar-refractivity contribution in [3.63, 3.8) is 0 Å². The second-order valence-electron chi connectivity index (χ2n) is 23.5. The summed E-state index contributed by atoms with van der Waals surface area (Å²) in [5, 5.41) is 2.05. The van der Waals surface area contributed by atoms with Crippen molar-refractivity contribution in [2.24, 2.45) is 0 Å². The van der Waals surface area contributed by atoms with E-state index in [1.54, 1.807) is 16.8 Å². The van der Waals surface area contributed by atoms with Crippen molar-refractivity contribution in [1.29, 1.82) is 0 Å². The first kappa shape index (κ1) is 63.3. The minimum absolute atomic E-state index is 0.0549. The van der Waals surface area contributed by atoms with Crippen LogP contribution in [0.15, 0.2) is 120 Å². The molecule has 5 heterocycles. The van der Waals surface area contributed by atoms with Crippen LogP contribution in [-0.2, 0) is 66.0 Å². The summed E-state index contributed by atoms with van der Waals surface area (Å²) < 4.78 is 155. The summed E-state index contributed by atoms with van der Waals surface area (Å²) in [6.07, 6.45) is 6.13. The van der Waals surface area contributed by atoms with Crippen molar-refractivity contribution >= 4 is 75.0 Å². The molecule has 0 N–H and O–H groups in total. The molecular formula is C59H63F6N7O7S3Si2. The first-order chi connectivity index (χ1) is 39.4. The van der Waals surface area contributed by atoms with Crippen molar-refractivity contribution in [3.05, 3.63) is 172 Å². The third-order valence-electron chi connectivity index (χ3n) is 13.3. The molecule has 14 nitrogen and oxygen atoms in total. The normalized spacial score (nSPS) is 12.5. The van der Waals surface area contributed by atoms with Gasteiger partial charge in [0.1, 0.15) is 82.1 Å². The number of fused-ring (bicyclic) bond motifs is 2. The number of sulfone groups is 2. The molecule has 25 heteroatoms. The van der Waals surface area contributed by atoms with Gasteiger partial charge in [-0.05, 0) is 60.6 Å². The number of hydrogen-bond acceptors (Lipinski definition) is 13. The lowest BCUT2D eigenvalue weighted by Gasteiger charge is -2.15. The summed E-state index contributed by atoms with van der Waals surface area (Å²) in [7, 11) is -11.6. The van der Waals surface area contributed by atoms with E-state index in [4.69, 9.17) is 14.5 Å². The van der Waals surface area contributed by atoms with E-state index >= 15 is 8.78 Å². The molecule has 0 bridgehead atoms. The predicted molar refractivity (Wildman–Crippen MR) is 317 cm³/mol. The van der Waals surface area contributed by atoms with Gasteiger partial charge < -0.3 is 18.6 Å². The molecule has 9 aromatic rings. The second kappa shape index (κ2) is 25.5. The molecule has 0 aliphatic carbocycles. The first-order valence-electron chi connectivity index (χ1n) is 26.6. The van der Waals surface area contributed by atoms with Gasteiger partial charge >= 0.3 is 0 Å². The van der Waals surface area contributed by atoms with E-state index in [-0.39, 0.29) is 46.5 Å². The zero-order valence-electron chi connectivity index (χ0n) is 47.7. The number of ketones is 1. The minimum Gasteiger partial charge on any atom is -0.361 e. The number of ether oxygens (including phenoxy) is 2. The zero-order chi connectivity index (χ0) is 61.1. The van der Waals surface area contributed by atoms with Gasteiger partial charge in [-0.25, -0.2) is 68.1 Å². The quantitative estimate of drug-likeness (QED) is 0.0288. The molecule has 0 fully saturated rings. The Balaban J connectivity index is 0.000000221. The Morgan fingerprint density at radius 1 is 0.583 bits per heavy atom. The van der Waals surface area contributed by atoms with Crippen LogP contribution in [0.2, 0.25) is 51.4 Å². The van der Waals surface area contributed by atoms with Crippen LogP contribution in [0.5, 0.6) is 0 Å². The standard InChI is InChI=1S/C32H35F3N4O3S2Si.C27H28F3N3O4SSi/c1-32(2,3)31-38-27(21-10-7-9-20(25(21)35)17-44(40,41)29-23(33)11-8-12-24(29)34)28(43-31)26-22-13-14-39(30(22)37-18-36-26)19-42-15-16-45(4,5)6;1-39(2,3)13-12-37-17-33-11-10-19-23(31-16-32-27(19)33)14-24(34)20-7-4-6-18(25(20)30)15-38(35,36)26-21(28)8-5-9-22(26)29/h7-14,18H,15-17,19H2,1-6H3;4-11,16H,12-15,17H2,1-3H3. The number of Topliss-reactive ketones (excluding diaryl/α,β-unsaturated/α-hetero) is 1. The number of thiazole rings is 1. The highest BCUT2D eigenvalue weighted by Gasteiger charge is 2.31. The van der Waals surface area contributed by atoms with Gasteiger partial charge in [-0.2, -0.15) is 0 Å². The Morgan fingerprint density at radius 2 is 1.05 bits per heavy atom. The Kier molecular flexibility index (Phi) is 19.2. The van der Waals surface area contributed by atoms with Crippen LogP contribution in [0, 0.1) is 34.9 Å². The molecular weight excluding hydrogens is 1190 g/mol. The number of carbonyl (C=O) groups excluding carboxylic acids is 1. The molecule has 5 aromatic heterocycles. The molecule has 444 valence electrons. The predicted octanol–water partition coefficient (Wildman–Crippen LogP) is 13.8. The van der Waals surface area contributed by atoms with Crippen LogP contribution in [0.3, 0.4) is 0 Å². The average molecular weight is 1250 g/mol. The van der Waals surface area contributed by atoms with E-state index in [2.05, 4.69) is 59.2 Å². The van der Waals surface area contributed by atoms with Crippen LogP contribution < -0.4 is 0 Å². The number of carbonyl (C=O) groups is 1. The van der Waals surface area contributed by atoms with Crippen LogP contribution in [-0.4, -0.2) is 86.0 Å². The summed E-state index contributed by atoms with van der Waals surface area (Å²) in [6.45, 7) is 21.5. The third-order valence-corrected chi connectivity index (χ3v) is 21.6. The fourth-order valence-corrected chi connectivity index (χ4v) is 14.5. The summed E-state index contributed by atoms with van der Waals surface area (Å²) in [5.74, 6) is -9.51. The van der Waals surface area contributed by atoms with Gasteiger partial charge in [-0.1, -0.05) is 96.5 Å². The third kappa shape index (κ3) is 14.8. The van der Waals surface area contributed by atoms with Gasteiger partial charge in [0, 0.05) is 74.6 Å². The Morgan fingerprint density at radius 3 is 1.56 bits per heavy atom. The summed E-state index contributed by atoms with van der Waals surface area (Å²) in [6, 6.07) is 19.1. The molecule has 84 heavy (non-hydrogen) atoms. The van der Waals surface area contributed by atoms with Crippen molar-refractivity contribution in [1.82, 2.24) is 34.1 Å². The molecule has 0 saturated carbocycles. The molecule has 0 spiro atoms. The summed E-state index contributed by atoms with van der Waals surface area (Å²) >= 11 is 1.37. The maximum absolute atomic E-state index is 16.2. The van der Waals surface area contributed by atoms with Crippen molar-refractivity contribution in [3.8, 4) is 21.8 Å². The van der Waals surface area contributed by atoms with E-state index in [1.807, 2.05) is 37.6 Å². The van der Waals surface area contributed by atoms with E-state index in [0.29, 0.717) is 52.9 Å². The monoisotopic (exact) mass is 1250 g/mol. The Labute approximate surface area is 489 Å². The highest BCUT2D eigenvalue weighted by atomic mass is 32.2. The maximum Gasteiger partial charge on any atom is 0.188 e. The number of benzene rings is 4. The number of aromatic nitrogens is 7. The van der Waals surface area contributed by atoms with Crippen molar-refractivity contribution < 1.29 is 57.4 Å². The molecule has 0 radical (unpaired) electrons. The molecule has 0 amide bonds. The van der Waals surface area contributed by atoms with Gasteiger partial charge in [-0.15, -0.1) is 11.3 Å². The first-order valence-corrected chi connectivity index (χ1v) is 38.2. The lowest BCUT2D eigenvalue weighted by molar-refractivity contribution is 0.0898. The highest BCUT2D eigenvalue weighted by Crippen LogP contribution is 2.43. The zero-order valence-corrected chi connectivity index (χ0v) is 52.2. The van der Waals surface area contributed by atoms with Crippen molar-refractivity contribution in [2.75, 3.05) is 13.2 Å². The van der Waals surface area contributed by atoms with E-state index in [0.717, 1.165) is 64.9 Å². The van der Waals surface area contributed by atoms with Gasteiger partial charge in [0.25, 0.3) is 0 Å². The SMILES string of the molecule is CC(C)(C)c1nc(-c2cccc(CS(=O)(=O)c3c(F)cccc3F)c2F)c(-c2ncnc3c2ccn3COCC[Si](C)(C)C)s1.C[Si](C)(C)CCOCn1ccc2c(CC(=O)c3cccc(CS(=O)(=O)c4c(F)cccc4F)c3F)ncnc21. The fraction of sp³-hybridized carbons (Fsp3) is 0.322. The summed E-state index contributed by atoms with van der Waals surface area (Å²) in [4.78, 5) is 33.8. The fourth-order valence-electron chi connectivity index (χ4n) is 8.80. The lowest BCUT2D eigenvalue weighted by Crippen LogP contribution is -2.22. The molecule has 0 aliphatic rings. The van der Waals surface area contributed by atoms with E-state index in [9.17, 15) is 39.2 Å². The molecule has 4 aromatic carbocycles. The number of hydrogen-bond donors (Lipinski definition) is 0. The molecule has 0 unspecified atom stereocenters. The highest BCUT2D eigenvalue weighted by molar-refractivity contribution is 7.91. The second-order valence-corrected chi connectivity index (χ2v) is 39.6. The van der Waals surface area contributed by atoms with E-state index in [1.165, 1.54) is 54.3 Å². The topological polar surface area (TPSA) is 178 Å². The average Bonchev–Trinajstić information content (AvgIpc) is 2.21. The van der Waals surface area contributed by atoms with Gasteiger partial charge in [0.2, 0.25) is 0 Å². The number of rotatable bonds is 21. The van der Waals surface area contributed by atoms with Crippen LogP contribution in [0.4, 0.5) is 26.3 Å². The smallest absolute Gasteiger partial charge is 0.188 e. The Hall–Kier alpha value is -6.75. The van der Waals surface area contributed by atoms with Crippen LogP contribution in [0.1, 0.15) is 53.0 Å². The molecule has 0 aliphatic heterocycles. The van der Waals surface area contributed by atoms with Crippen molar-refractivity contribution in [2.45, 2.75) is 119 Å². The Bertz CT molecular complexity index is 4100. The number of halogens is 6. The molecule has 0 atom stereocenters. The van der Waals surface area contributed by atoms with Crippen LogP contribution >= 0.6 is 11.3 Å². The minimum atomic E-state index is -4.58. The number of nitrogens with zero attached hydrogens (tertiary/aromatic N) is 7. The molecule has 0 saturated heterocycles. The maximum atomic E-state index is 16.2. The summed E-state index contributed by atoms with van der Waals surface area (Å²) in [5.41, 5.74) is 1.13. The van der Waals surface area contributed by atoms with Gasteiger partial charge in [0.15, 0.2) is 25.5 Å². The lowest BCUT2D eigenvalue weighted by atomic mass is 9.98. The molecule has 9 rings (SSSR count). The van der Waals surface area contributed by atoms with E-state index < -0.39 is 97.8 Å². The van der Waals surface area contributed by atoms with Gasteiger partial charge in [-0.3, -0.25) is 4.79 Å². The van der Waals surface area contributed by atoms with Gasteiger partial charge in [0.05, 0.1) is 50.5 Å². The van der Waals surface area contributed by atoms with Crippen LogP contribution in [0.25, 0.3) is 43.9 Å². The largest absolute Gasteiger partial charge is 0.361 e.